The Kier molecular flexibility index (Phi) is 16.2. The highest BCUT2D eigenvalue weighted by molar-refractivity contribution is 4.80. The molecule has 0 saturated carbocycles. The maximum atomic E-state index is 5.25. The van der Waals surface area contributed by atoms with E-state index in [1.165, 1.54) is 0 Å². The highest BCUT2D eigenvalue weighted by Gasteiger charge is 1.87. The zero-order valence-corrected chi connectivity index (χ0v) is 11.9. The molecule has 0 bridgehead atoms. The van der Waals surface area contributed by atoms with Crippen LogP contribution < -0.4 is 0 Å². The molecule has 4 heteroatoms. The van der Waals surface area contributed by atoms with E-state index in [0.717, 1.165) is 38.9 Å². The van der Waals surface area contributed by atoms with E-state index in [0.29, 0.717) is 26.8 Å². The summed E-state index contributed by atoms with van der Waals surface area (Å²) >= 11 is 0. The van der Waals surface area contributed by atoms with Gasteiger partial charge in [0.25, 0.3) is 0 Å². The van der Waals surface area contributed by atoms with Crippen molar-refractivity contribution in [2.45, 2.75) is 39.5 Å². The van der Waals surface area contributed by atoms with E-state index >= 15 is 0 Å². The molecule has 0 aliphatic rings. The van der Waals surface area contributed by atoms with E-state index in [2.05, 4.69) is 13.8 Å². The highest BCUT2D eigenvalue weighted by atomic mass is 16.7. The van der Waals surface area contributed by atoms with Crippen LogP contribution >= 0.6 is 0 Å². The van der Waals surface area contributed by atoms with Crippen LogP contribution in [0.25, 0.3) is 0 Å². The summed E-state index contributed by atoms with van der Waals surface area (Å²) in [4.78, 5) is 0. The SMILES string of the molecule is CCCCOCOCC=CCOCOCCCC. The molecule has 0 heterocycles. The van der Waals surface area contributed by atoms with Crippen LogP contribution in [0.3, 0.4) is 0 Å². The molecule has 0 aromatic carbocycles. The predicted octanol–water partition coefficient (Wildman–Crippen LogP) is 3.12. The number of rotatable bonds is 14. The third-order valence-corrected chi connectivity index (χ3v) is 2.21. The van der Waals surface area contributed by atoms with E-state index in [1.54, 1.807) is 0 Å². The van der Waals surface area contributed by atoms with Gasteiger partial charge in [0.05, 0.1) is 13.2 Å². The minimum absolute atomic E-state index is 0.366. The van der Waals surface area contributed by atoms with Crippen LogP contribution in [0.2, 0.25) is 0 Å². The van der Waals surface area contributed by atoms with Crippen LogP contribution in [0, 0.1) is 0 Å². The molecule has 4 nitrogen and oxygen atoms in total. The van der Waals surface area contributed by atoms with Crippen molar-refractivity contribution >= 4 is 0 Å². The lowest BCUT2D eigenvalue weighted by Crippen LogP contribution is -2.02. The second-order valence-electron chi connectivity index (χ2n) is 3.97. The third kappa shape index (κ3) is 15.6. The molecule has 0 unspecified atom stereocenters. The zero-order chi connectivity index (χ0) is 13.3. The van der Waals surface area contributed by atoms with E-state index in [4.69, 9.17) is 18.9 Å². The lowest BCUT2D eigenvalue weighted by molar-refractivity contribution is -0.0477. The molecular formula is C14H28O4. The van der Waals surface area contributed by atoms with Crippen LogP contribution in [-0.4, -0.2) is 40.0 Å². The van der Waals surface area contributed by atoms with Crippen molar-refractivity contribution in [2.75, 3.05) is 40.0 Å². The van der Waals surface area contributed by atoms with Crippen molar-refractivity contribution in [1.29, 1.82) is 0 Å². The van der Waals surface area contributed by atoms with Gasteiger partial charge in [-0.15, -0.1) is 0 Å². The first-order valence-corrected chi connectivity index (χ1v) is 6.87. The molecule has 0 aromatic heterocycles. The Bertz CT molecular complexity index is 153. The quantitative estimate of drug-likeness (QED) is 0.273. The molecule has 0 aliphatic heterocycles. The summed E-state index contributed by atoms with van der Waals surface area (Å²) in [7, 11) is 0. The van der Waals surface area contributed by atoms with Crippen molar-refractivity contribution in [3.8, 4) is 0 Å². The molecule has 18 heavy (non-hydrogen) atoms. The van der Waals surface area contributed by atoms with E-state index in [-0.39, 0.29) is 0 Å². The predicted molar refractivity (Wildman–Crippen MR) is 72.5 cm³/mol. The Morgan fingerprint density at radius 3 is 1.50 bits per heavy atom. The summed E-state index contributed by atoms with van der Waals surface area (Å²) in [5.41, 5.74) is 0. The van der Waals surface area contributed by atoms with Gasteiger partial charge in [0.2, 0.25) is 0 Å². The maximum absolute atomic E-state index is 5.25. The minimum atomic E-state index is 0.366. The summed E-state index contributed by atoms with van der Waals surface area (Å²) in [5.74, 6) is 0. The molecule has 0 N–H and O–H groups in total. The minimum Gasteiger partial charge on any atom is -0.355 e. The van der Waals surface area contributed by atoms with Gasteiger partial charge in [0.1, 0.15) is 13.6 Å². The van der Waals surface area contributed by atoms with Crippen molar-refractivity contribution < 1.29 is 18.9 Å². The Morgan fingerprint density at radius 2 is 1.11 bits per heavy atom. The number of hydrogen-bond acceptors (Lipinski definition) is 4. The summed E-state index contributed by atoms with van der Waals surface area (Å²) in [6, 6.07) is 0. The van der Waals surface area contributed by atoms with Gasteiger partial charge in [-0.2, -0.15) is 0 Å². The Labute approximate surface area is 111 Å². The van der Waals surface area contributed by atoms with Gasteiger partial charge in [-0.05, 0) is 12.8 Å². The Morgan fingerprint density at radius 1 is 0.667 bits per heavy atom. The monoisotopic (exact) mass is 260 g/mol. The molecule has 0 saturated heterocycles. The van der Waals surface area contributed by atoms with Gasteiger partial charge in [-0.3, -0.25) is 0 Å². The second kappa shape index (κ2) is 16.6. The summed E-state index contributed by atoms with van der Waals surface area (Å²) < 4.78 is 21.0. The van der Waals surface area contributed by atoms with Crippen molar-refractivity contribution in [2.24, 2.45) is 0 Å². The molecule has 108 valence electrons. The van der Waals surface area contributed by atoms with Gasteiger partial charge in [0.15, 0.2) is 0 Å². The van der Waals surface area contributed by atoms with Crippen molar-refractivity contribution in [3.63, 3.8) is 0 Å². The molecule has 0 aliphatic carbocycles. The fourth-order valence-electron chi connectivity index (χ4n) is 1.10. The average molecular weight is 260 g/mol. The highest BCUT2D eigenvalue weighted by Crippen LogP contribution is 1.90. The van der Waals surface area contributed by atoms with Crippen LogP contribution in [-0.2, 0) is 18.9 Å². The van der Waals surface area contributed by atoms with Crippen molar-refractivity contribution in [3.05, 3.63) is 12.2 Å². The lowest BCUT2D eigenvalue weighted by atomic mass is 10.4. The van der Waals surface area contributed by atoms with E-state index < -0.39 is 0 Å². The summed E-state index contributed by atoms with van der Waals surface area (Å²) in [5, 5.41) is 0. The zero-order valence-electron chi connectivity index (χ0n) is 11.9. The molecule has 0 aromatic rings. The summed E-state index contributed by atoms with van der Waals surface area (Å²) in [6.45, 7) is 7.68. The Balaban J connectivity index is 3.00. The molecule has 0 atom stereocenters. The lowest BCUT2D eigenvalue weighted by Gasteiger charge is -2.03. The standard InChI is InChI=1S/C14H28O4/c1-3-5-9-15-13-17-11-7-8-12-18-14-16-10-6-4-2/h7-8H,3-6,9-14H2,1-2H3. The first-order chi connectivity index (χ1) is 8.91. The topological polar surface area (TPSA) is 36.9 Å². The van der Waals surface area contributed by atoms with Crippen LogP contribution in [0.15, 0.2) is 12.2 Å². The molecule has 0 radical (unpaired) electrons. The van der Waals surface area contributed by atoms with Gasteiger partial charge >= 0.3 is 0 Å². The third-order valence-electron chi connectivity index (χ3n) is 2.21. The average Bonchev–Trinajstić information content (AvgIpc) is 2.39. The van der Waals surface area contributed by atoms with E-state index in [1.807, 2.05) is 12.2 Å². The van der Waals surface area contributed by atoms with Crippen molar-refractivity contribution in [1.82, 2.24) is 0 Å². The largest absolute Gasteiger partial charge is 0.355 e. The molecule has 0 fully saturated rings. The Hall–Kier alpha value is -0.420. The first kappa shape index (κ1) is 17.6. The van der Waals surface area contributed by atoms with E-state index in [9.17, 15) is 0 Å². The molecule has 0 rings (SSSR count). The molecule has 0 spiro atoms. The number of unbranched alkanes of at least 4 members (excludes halogenated alkanes) is 2. The fourth-order valence-corrected chi connectivity index (χ4v) is 1.10. The first-order valence-electron chi connectivity index (χ1n) is 6.87. The maximum Gasteiger partial charge on any atom is 0.147 e. The van der Waals surface area contributed by atoms with Crippen LogP contribution in [0.1, 0.15) is 39.5 Å². The molecular weight excluding hydrogens is 232 g/mol. The van der Waals surface area contributed by atoms with Gasteiger partial charge in [0, 0.05) is 13.2 Å². The fraction of sp³-hybridized carbons (Fsp3) is 0.857. The number of hydrogen-bond donors (Lipinski definition) is 0. The second-order valence-corrected chi connectivity index (χ2v) is 3.97. The normalized spacial score (nSPS) is 11.4. The number of ether oxygens (including phenoxy) is 4. The molecule has 0 amide bonds. The van der Waals surface area contributed by atoms with Gasteiger partial charge < -0.3 is 18.9 Å². The van der Waals surface area contributed by atoms with Gasteiger partial charge in [-0.1, -0.05) is 38.8 Å². The van der Waals surface area contributed by atoms with Crippen LogP contribution in [0.4, 0.5) is 0 Å². The van der Waals surface area contributed by atoms with Crippen LogP contribution in [0.5, 0.6) is 0 Å². The van der Waals surface area contributed by atoms with Gasteiger partial charge in [-0.25, -0.2) is 0 Å². The smallest absolute Gasteiger partial charge is 0.147 e. The summed E-state index contributed by atoms with van der Waals surface area (Å²) in [6.07, 6.45) is 8.33.